The van der Waals surface area contributed by atoms with Gasteiger partial charge < -0.3 is 9.13 Å². The predicted molar refractivity (Wildman–Crippen MR) is 305 cm³/mol. The molecule has 0 amide bonds. The molecule has 0 saturated carbocycles. The molecule has 0 bridgehead atoms. The molecule has 12 rings (SSSR count). The topological polar surface area (TPSA) is 27.1 Å². The van der Waals surface area contributed by atoms with E-state index in [0.29, 0.717) is 122 Å². The van der Waals surface area contributed by atoms with Crippen LogP contribution in [-0.4, -0.2) is 14.1 Å². The molecule has 16 heteroatoms. The fraction of sp³-hybridized carbons (Fsp3) is 0.118. The number of hydrogen-bond acceptors (Lipinski definition) is 1. The average molecular weight is 1140 g/mol. The quantitative estimate of drug-likeness (QED) is 0.115. The van der Waals surface area contributed by atoms with Crippen molar-refractivity contribution >= 4 is 49.3 Å². The van der Waals surface area contributed by atoms with Gasteiger partial charge in [-0.2, -0.15) is 52.7 Å². The number of aryl methyl sites for hydroxylation is 4. The molecular formula is C68H42F12N4. The van der Waals surface area contributed by atoms with Crippen molar-refractivity contribution in [3.63, 3.8) is 0 Å². The van der Waals surface area contributed by atoms with E-state index in [1.165, 1.54) is 24.3 Å². The van der Waals surface area contributed by atoms with Gasteiger partial charge in [0.1, 0.15) is 0 Å². The molecule has 0 aliphatic rings. The number of rotatable bonds is 7. The molecule has 3 heterocycles. The first-order chi connectivity index (χ1) is 39.8. The van der Waals surface area contributed by atoms with Crippen molar-refractivity contribution < 1.29 is 52.7 Å². The molecule has 0 spiro atoms. The first-order valence-electron chi connectivity index (χ1n) is 26.1. The number of benzene rings is 9. The molecule has 0 N–H and O–H groups in total. The lowest BCUT2D eigenvalue weighted by molar-refractivity contribution is -0.138. The van der Waals surface area contributed by atoms with Crippen LogP contribution in [0.15, 0.2) is 182 Å². The molecular weight excluding hydrogens is 1100 g/mol. The zero-order chi connectivity index (χ0) is 59.5. The second-order valence-corrected chi connectivity index (χ2v) is 20.9. The third-order valence-electron chi connectivity index (χ3n) is 15.6. The lowest BCUT2D eigenvalue weighted by Gasteiger charge is -2.20. The van der Waals surface area contributed by atoms with Gasteiger partial charge in [-0.05, 0) is 215 Å². The van der Waals surface area contributed by atoms with Crippen molar-refractivity contribution in [1.29, 1.82) is 0 Å². The van der Waals surface area contributed by atoms with Gasteiger partial charge in [0.15, 0.2) is 5.69 Å². The van der Waals surface area contributed by atoms with Gasteiger partial charge in [0.05, 0.1) is 62.3 Å². The molecule has 418 valence electrons. The summed E-state index contributed by atoms with van der Waals surface area (Å²) in [5.74, 6) is 0. The molecule has 84 heavy (non-hydrogen) atoms. The molecule has 9 aromatic carbocycles. The molecule has 0 fully saturated rings. The van der Waals surface area contributed by atoms with Gasteiger partial charge >= 0.3 is 24.7 Å². The normalized spacial score (nSPS) is 12.5. The minimum atomic E-state index is -4.74. The second kappa shape index (κ2) is 19.8. The van der Waals surface area contributed by atoms with Crippen LogP contribution in [0.2, 0.25) is 0 Å². The fourth-order valence-corrected chi connectivity index (χ4v) is 11.7. The van der Waals surface area contributed by atoms with E-state index in [9.17, 15) is 52.7 Å². The Labute approximate surface area is 471 Å². The highest BCUT2D eigenvalue weighted by atomic mass is 19.4. The monoisotopic (exact) mass is 1140 g/mol. The molecule has 0 radical (unpaired) electrons. The zero-order valence-electron chi connectivity index (χ0n) is 44.6. The van der Waals surface area contributed by atoms with Gasteiger partial charge in [-0.15, -0.1) is 0 Å². The summed E-state index contributed by atoms with van der Waals surface area (Å²) in [5.41, 5.74) is 5.57. The summed E-state index contributed by atoms with van der Waals surface area (Å²) in [5, 5.41) is 2.17. The van der Waals surface area contributed by atoms with Crippen LogP contribution in [0.3, 0.4) is 0 Å². The number of aromatic nitrogens is 3. The van der Waals surface area contributed by atoms with Crippen LogP contribution < -0.4 is 0 Å². The summed E-state index contributed by atoms with van der Waals surface area (Å²) in [6.07, 6.45) is -15.4. The smallest absolute Gasteiger partial charge is 0.308 e. The van der Waals surface area contributed by atoms with E-state index in [0.717, 1.165) is 42.5 Å². The fourth-order valence-electron chi connectivity index (χ4n) is 11.7. The van der Waals surface area contributed by atoms with Crippen LogP contribution in [0.1, 0.15) is 44.5 Å². The Morgan fingerprint density at radius 3 is 1.05 bits per heavy atom. The molecule has 4 nitrogen and oxygen atoms in total. The van der Waals surface area contributed by atoms with Gasteiger partial charge in [0.2, 0.25) is 0 Å². The van der Waals surface area contributed by atoms with E-state index < -0.39 is 47.0 Å². The largest absolute Gasteiger partial charge is 0.417 e. The molecule has 0 aliphatic heterocycles. The molecule has 12 aromatic rings. The van der Waals surface area contributed by atoms with Gasteiger partial charge in [0.25, 0.3) is 0 Å². The molecule has 3 aromatic heterocycles. The summed E-state index contributed by atoms with van der Waals surface area (Å²) in [6, 6.07) is 42.5. The van der Waals surface area contributed by atoms with Crippen LogP contribution in [0.5, 0.6) is 0 Å². The van der Waals surface area contributed by atoms with Crippen molar-refractivity contribution in [1.82, 2.24) is 14.1 Å². The molecule has 0 aliphatic carbocycles. The summed E-state index contributed by atoms with van der Waals surface area (Å²) in [6.45, 7) is 14.9. The van der Waals surface area contributed by atoms with Crippen LogP contribution in [-0.2, 0) is 24.7 Å². The van der Waals surface area contributed by atoms with E-state index in [1.807, 2.05) is 39.5 Å². The Hall–Kier alpha value is -9.62. The van der Waals surface area contributed by atoms with Crippen LogP contribution in [0.4, 0.5) is 58.4 Å². The van der Waals surface area contributed by atoms with Crippen molar-refractivity contribution in [2.24, 2.45) is 0 Å². The Morgan fingerprint density at radius 1 is 0.345 bits per heavy atom. The maximum absolute atomic E-state index is 14.9. The van der Waals surface area contributed by atoms with Gasteiger partial charge in [-0.1, -0.05) is 60.2 Å². The maximum Gasteiger partial charge on any atom is 0.417 e. The Bertz CT molecular complexity index is 4600. The van der Waals surface area contributed by atoms with Gasteiger partial charge in [-0.3, -0.25) is 4.98 Å². The standard InChI is InChI=1S/C68H42F12N4/c1-36-6-14-51(57(26-36)68(78,79)80)44-10-21-62-56(33-44)55-32-43(50-17-13-47(29-39(50)4)67(75,76)77)9-20-61(55)84(62)64-35-58(81-5)52(40-22-24-82-25-23-40)34-63(64)83-59-18-7-41(48-15-11-45(27-37(48)2)65(69,70)71)30-53(59)54-31-42(8-19-60(54)83)49-16-12-46(28-38(49)3)66(72,73)74/h6-35H,1-4H3. The van der Waals surface area contributed by atoms with E-state index in [1.54, 1.807) is 113 Å². The first-order valence-corrected chi connectivity index (χ1v) is 26.1. The number of fused-ring (bicyclic) bond motifs is 6. The third kappa shape index (κ3) is 9.56. The number of nitrogens with zero attached hydrogens (tertiary/aromatic N) is 4. The molecule has 0 atom stereocenters. The van der Waals surface area contributed by atoms with E-state index in [-0.39, 0.29) is 16.8 Å². The maximum atomic E-state index is 14.9. The molecule has 0 unspecified atom stereocenters. The van der Waals surface area contributed by atoms with E-state index in [2.05, 4.69) is 9.83 Å². The highest BCUT2D eigenvalue weighted by molar-refractivity contribution is 6.14. The van der Waals surface area contributed by atoms with Crippen molar-refractivity contribution in [3.8, 4) is 67.0 Å². The zero-order valence-corrected chi connectivity index (χ0v) is 44.6. The summed E-state index contributed by atoms with van der Waals surface area (Å²) >= 11 is 0. The lowest BCUT2D eigenvalue weighted by Crippen LogP contribution is -2.07. The Morgan fingerprint density at radius 2 is 0.702 bits per heavy atom. The van der Waals surface area contributed by atoms with Crippen LogP contribution >= 0.6 is 0 Å². The highest BCUT2D eigenvalue weighted by Gasteiger charge is 2.36. The lowest BCUT2D eigenvalue weighted by atomic mass is 9.95. The summed E-state index contributed by atoms with van der Waals surface area (Å²) in [4.78, 5) is 8.24. The number of halogens is 12. The predicted octanol–water partition coefficient (Wildman–Crippen LogP) is 21.5. The summed E-state index contributed by atoms with van der Waals surface area (Å²) in [7, 11) is 0. The molecule has 0 saturated heterocycles. The average Bonchev–Trinajstić information content (AvgIpc) is 1.88. The third-order valence-corrected chi connectivity index (χ3v) is 15.6. The van der Waals surface area contributed by atoms with Gasteiger partial charge in [-0.25, -0.2) is 4.85 Å². The number of alkyl halides is 12. The Balaban J connectivity index is 1.19. The second-order valence-electron chi connectivity index (χ2n) is 20.9. The van der Waals surface area contributed by atoms with E-state index in [4.69, 9.17) is 6.57 Å². The van der Waals surface area contributed by atoms with Gasteiger partial charge in [0, 0.05) is 33.9 Å². The number of pyridine rings is 1. The Kier molecular flexibility index (Phi) is 12.9. The van der Waals surface area contributed by atoms with Crippen LogP contribution in [0, 0.1) is 34.3 Å². The van der Waals surface area contributed by atoms with Crippen molar-refractivity contribution in [2.45, 2.75) is 52.4 Å². The summed E-state index contributed by atoms with van der Waals surface area (Å²) < 4.78 is 174. The SMILES string of the molecule is [C-]#[N+]c1cc(-n2c3ccc(-c4ccc(C(F)(F)F)cc4C)cc3c3cc(-c4ccc(C)cc4C(F)(F)F)ccc32)c(-n2c3ccc(-c4ccc(C(F)(F)F)cc4C)cc3c3cc(-c4ccc(C(F)(F)F)cc4C)ccc32)cc1-c1ccncc1. The minimum absolute atomic E-state index is 0.0923. The first kappa shape index (κ1) is 54.9. The van der Waals surface area contributed by atoms with Crippen molar-refractivity contribution in [3.05, 3.63) is 238 Å². The minimum Gasteiger partial charge on any atom is -0.308 e. The van der Waals surface area contributed by atoms with E-state index >= 15 is 0 Å². The number of hydrogen-bond donors (Lipinski definition) is 0. The van der Waals surface area contributed by atoms with Crippen molar-refractivity contribution in [2.75, 3.05) is 0 Å². The van der Waals surface area contributed by atoms with Crippen LogP contribution in [0.25, 0.3) is 115 Å². The highest BCUT2D eigenvalue weighted by Crippen LogP contribution is 2.48.